The fraction of sp³-hybridized carbons (Fsp3) is 0.182. The molecule has 12 heteroatoms. The molecule has 304 valence electrons. The van der Waals surface area contributed by atoms with Crippen LogP contribution in [0.2, 0.25) is 0 Å². The van der Waals surface area contributed by atoms with Crippen molar-refractivity contribution in [1.82, 2.24) is 0 Å². The molecular formula is C44H48Br8Mn2P2. The zero-order valence-electron chi connectivity index (χ0n) is 31.2. The van der Waals surface area contributed by atoms with Crippen molar-refractivity contribution in [3.8, 4) is 0 Å². The first kappa shape index (κ1) is 51.4. The zero-order chi connectivity index (χ0) is 40.9. The summed E-state index contributed by atoms with van der Waals surface area (Å²) in [5.41, 5.74) is -2.75. The molecule has 0 saturated heterocycles. The third-order valence-corrected chi connectivity index (χ3v) is 17.9. The van der Waals surface area contributed by atoms with E-state index in [1.54, 1.807) is 0 Å². The van der Waals surface area contributed by atoms with Crippen LogP contribution in [0.3, 0.4) is 0 Å². The van der Waals surface area contributed by atoms with Gasteiger partial charge in [-0.25, -0.2) is 0 Å². The Bertz CT molecular complexity index is 1550. The van der Waals surface area contributed by atoms with Gasteiger partial charge in [0.15, 0.2) is 0 Å². The monoisotopic (exact) mass is 1380 g/mol. The van der Waals surface area contributed by atoms with Crippen LogP contribution in [0.5, 0.6) is 0 Å². The Balaban J connectivity index is 0.000000242. The van der Waals surface area contributed by atoms with Crippen molar-refractivity contribution in [3.05, 3.63) is 182 Å². The molecule has 0 N–H and O–H groups in total. The number of rotatable bonds is 12. The third-order valence-electron chi connectivity index (χ3n) is 8.88. The van der Waals surface area contributed by atoms with Gasteiger partial charge in [-0.1, -0.05) is 136 Å². The predicted octanol–water partition coefficient (Wildman–Crippen LogP) is 16.3. The van der Waals surface area contributed by atoms with Crippen LogP contribution in [0.15, 0.2) is 182 Å². The molecule has 0 saturated carbocycles. The van der Waals surface area contributed by atoms with Gasteiger partial charge in [-0.15, -0.1) is 0 Å². The molecule has 0 radical (unpaired) electrons. The quantitative estimate of drug-likeness (QED) is 0.0846. The van der Waals surface area contributed by atoms with E-state index >= 15 is 0 Å². The molecule has 6 aromatic rings. The Kier molecular flexibility index (Phi) is 25.0. The average molecular weight is 1390 g/mol. The first-order chi connectivity index (χ1) is 26.8. The van der Waals surface area contributed by atoms with Crippen molar-refractivity contribution in [2.75, 3.05) is 12.3 Å². The molecule has 6 rings (SSSR count). The molecule has 0 bridgehead atoms. The third kappa shape index (κ3) is 17.8. The molecule has 0 nitrogen and oxygen atoms in total. The summed E-state index contributed by atoms with van der Waals surface area (Å²) in [5.74, 6) is 0. The van der Waals surface area contributed by atoms with Gasteiger partial charge in [0, 0.05) is 0 Å². The van der Waals surface area contributed by atoms with Gasteiger partial charge in [0.25, 0.3) is 0 Å². The molecular weight excluding hydrogens is 1340 g/mol. The first-order valence-electron chi connectivity index (χ1n) is 18.0. The van der Waals surface area contributed by atoms with Crippen LogP contribution in [0.1, 0.15) is 39.5 Å². The van der Waals surface area contributed by atoms with Crippen LogP contribution in [0.4, 0.5) is 0 Å². The summed E-state index contributed by atoms with van der Waals surface area (Å²) in [6.07, 6.45) is 7.45. The van der Waals surface area contributed by atoms with Crippen molar-refractivity contribution in [2.45, 2.75) is 39.5 Å². The molecule has 0 aliphatic rings. The average Bonchev–Trinajstić information content (AvgIpc) is 3.20. The van der Waals surface area contributed by atoms with Gasteiger partial charge >= 0.3 is 124 Å². The predicted molar refractivity (Wildman–Crippen MR) is 281 cm³/mol. The molecule has 0 spiro atoms. The fourth-order valence-corrected chi connectivity index (χ4v) is 15.6. The van der Waals surface area contributed by atoms with Crippen LogP contribution in [-0.4, -0.2) is 12.3 Å². The van der Waals surface area contributed by atoms with Gasteiger partial charge in [0.1, 0.15) is 46.4 Å². The van der Waals surface area contributed by atoms with E-state index < -0.39 is 25.8 Å². The Morgan fingerprint density at radius 1 is 0.304 bits per heavy atom. The molecule has 6 aromatic carbocycles. The summed E-state index contributed by atoms with van der Waals surface area (Å²) in [7, 11) is -3.14. The second-order valence-corrected chi connectivity index (χ2v) is 91.2. The van der Waals surface area contributed by atoms with E-state index in [1.165, 1.54) is 69.8 Å². The molecule has 0 atom stereocenters. The van der Waals surface area contributed by atoms with E-state index in [2.05, 4.69) is 309 Å². The minimum absolute atomic E-state index is 1.23. The number of benzene rings is 6. The SMILES string of the molecule is CCCC[P+](c1ccccc1)(c1ccccc1)c1ccccc1.CCCC[P+](c1ccccc1)(c1ccccc1)c1ccccc1.[Br][Mn-]([Br])([Br])[Br].[Br][Mn-]([Br])([Br])[Br]. The van der Waals surface area contributed by atoms with Crippen molar-refractivity contribution >= 4 is 159 Å². The molecule has 0 amide bonds. The molecule has 0 aliphatic carbocycles. The summed E-state index contributed by atoms with van der Waals surface area (Å²) in [6, 6.07) is 66.8. The topological polar surface area (TPSA) is 0 Å². The molecule has 0 unspecified atom stereocenters. The number of hydrogen-bond donors (Lipinski definition) is 0. The number of unbranched alkanes of at least 4 members (excludes halogenated alkanes) is 2. The molecule has 56 heavy (non-hydrogen) atoms. The van der Waals surface area contributed by atoms with E-state index in [4.69, 9.17) is 0 Å². The zero-order valence-corrected chi connectivity index (χ0v) is 48.1. The van der Waals surface area contributed by atoms with E-state index in [-0.39, 0.29) is 0 Å². The summed E-state index contributed by atoms with van der Waals surface area (Å²) in [6.45, 7) is 4.57. The van der Waals surface area contributed by atoms with Crippen molar-refractivity contribution in [3.63, 3.8) is 0 Å². The number of halogens is 8. The van der Waals surface area contributed by atoms with Gasteiger partial charge in [-0.2, -0.15) is 0 Å². The van der Waals surface area contributed by atoms with Crippen LogP contribution < -0.4 is 31.8 Å². The maximum atomic E-state index is 3.27. The Hall–Kier alpha value is 1.06. The van der Waals surface area contributed by atoms with Crippen molar-refractivity contribution < 1.29 is 11.2 Å². The van der Waals surface area contributed by atoms with Crippen molar-refractivity contribution in [1.29, 1.82) is 0 Å². The Morgan fingerprint density at radius 3 is 0.571 bits per heavy atom. The van der Waals surface area contributed by atoms with Crippen LogP contribution in [0, 0.1) is 0 Å². The van der Waals surface area contributed by atoms with Gasteiger partial charge in [0.2, 0.25) is 0 Å². The fourth-order valence-electron chi connectivity index (χ4n) is 6.55. The molecule has 0 heterocycles. The second-order valence-electron chi connectivity index (χ2n) is 12.4. The van der Waals surface area contributed by atoms with Gasteiger partial charge in [-0.05, 0) is 85.6 Å². The summed E-state index contributed by atoms with van der Waals surface area (Å²) < 4.78 is 0. The van der Waals surface area contributed by atoms with Gasteiger partial charge in [0.05, 0.1) is 12.3 Å². The summed E-state index contributed by atoms with van der Waals surface area (Å²) >= 11 is 26.1. The Labute approximate surface area is 398 Å². The Morgan fingerprint density at radius 2 is 0.446 bits per heavy atom. The van der Waals surface area contributed by atoms with Crippen molar-refractivity contribution in [2.24, 2.45) is 0 Å². The van der Waals surface area contributed by atoms with Gasteiger partial charge < -0.3 is 0 Å². The summed E-state index contributed by atoms with van der Waals surface area (Å²) in [5, 5.41) is 8.95. The first-order valence-corrected chi connectivity index (χ1v) is 45.3. The van der Waals surface area contributed by atoms with E-state index in [1.807, 2.05) is 0 Å². The minimum atomic E-state index is -1.57. The van der Waals surface area contributed by atoms with Crippen LogP contribution >= 0.6 is 127 Å². The van der Waals surface area contributed by atoms with E-state index in [0.29, 0.717) is 0 Å². The normalized spacial score (nSPS) is 12.0. The molecule has 0 fully saturated rings. The second kappa shape index (κ2) is 27.2. The van der Waals surface area contributed by atoms with Crippen LogP contribution in [-0.2, 0) is 11.2 Å². The number of hydrogen-bond acceptors (Lipinski definition) is 0. The summed E-state index contributed by atoms with van der Waals surface area (Å²) in [4.78, 5) is 0. The maximum absolute atomic E-state index is 3.27. The molecule has 0 aliphatic heterocycles. The molecule has 0 aromatic heterocycles. The standard InChI is InChI=1S/2C22H24P.8BrH.2Mn/c2*1-2-3-19-23(20-13-7-4-8-14-20,21-15-9-5-10-16-21)22-17-11-6-12-18-22;;;;;;;;;;/h2*4-18H,2-3,19H2,1H3;8*1H;;/q2*+1;;;;;;;;;2*+3/p-8. The van der Waals surface area contributed by atoms with E-state index in [9.17, 15) is 0 Å². The van der Waals surface area contributed by atoms with Crippen LogP contribution in [0.25, 0.3) is 0 Å². The van der Waals surface area contributed by atoms with Gasteiger partial charge in [-0.3, -0.25) is 0 Å². The van der Waals surface area contributed by atoms with E-state index in [0.717, 1.165) is 0 Å².